The molecule has 1 saturated carbocycles. The normalized spacial score (nSPS) is 51.9. The van der Waals surface area contributed by atoms with Crippen LogP contribution >= 0.6 is 15.9 Å². The monoisotopic (exact) mass is 196 g/mol. The molecule has 0 aliphatic heterocycles. The van der Waals surface area contributed by atoms with E-state index in [9.17, 15) is 0 Å². The number of hydrogen-bond donors (Lipinski definition) is 0. The first-order chi connectivity index (χ1) is 4.89. The maximum Gasteiger partial charge on any atom is 0.0283 e. The van der Waals surface area contributed by atoms with Gasteiger partial charge in [-0.3, -0.25) is 0 Å². The lowest BCUT2D eigenvalue weighted by molar-refractivity contribution is 0.993. The highest BCUT2D eigenvalue weighted by molar-refractivity contribution is 9.09. The summed E-state index contributed by atoms with van der Waals surface area (Å²) < 4.78 is 0. The van der Waals surface area contributed by atoms with Crippen LogP contribution in [-0.2, 0) is 0 Å². The molecule has 2 unspecified atom stereocenters. The summed E-state index contributed by atoms with van der Waals surface area (Å²) in [7, 11) is 0. The number of allylic oxidation sites excluding steroid dienone is 6. The van der Waals surface area contributed by atoms with Crippen LogP contribution < -0.4 is 0 Å². The standard InChI is InChI=1S/C9H9Br/c10-9-7-5-3-1-2-4-6-8(7)9/h1-9H/b2-1-,5-3-,6-4-. The molecular weight excluding hydrogens is 188 g/mol. The maximum atomic E-state index is 3.61. The Morgan fingerprint density at radius 2 is 1.30 bits per heavy atom. The zero-order valence-corrected chi connectivity index (χ0v) is 7.16. The molecule has 0 aromatic carbocycles. The van der Waals surface area contributed by atoms with Gasteiger partial charge in [0.1, 0.15) is 0 Å². The van der Waals surface area contributed by atoms with Gasteiger partial charge < -0.3 is 0 Å². The number of fused-ring (bicyclic) bond motifs is 1. The fraction of sp³-hybridized carbons (Fsp3) is 0.333. The Morgan fingerprint density at radius 3 is 1.80 bits per heavy atom. The Balaban J connectivity index is 2.19. The first-order valence-corrected chi connectivity index (χ1v) is 4.47. The molecular formula is C9H9Br. The van der Waals surface area contributed by atoms with Crippen molar-refractivity contribution in [3.63, 3.8) is 0 Å². The molecule has 0 radical (unpaired) electrons. The van der Waals surface area contributed by atoms with Crippen molar-refractivity contribution in [2.45, 2.75) is 4.83 Å². The zero-order chi connectivity index (χ0) is 6.97. The molecule has 0 N–H and O–H groups in total. The fourth-order valence-corrected chi connectivity index (χ4v) is 2.18. The Kier molecular flexibility index (Phi) is 1.53. The highest BCUT2D eigenvalue weighted by Crippen LogP contribution is 2.47. The van der Waals surface area contributed by atoms with Crippen LogP contribution in [0.3, 0.4) is 0 Å². The van der Waals surface area contributed by atoms with Crippen molar-refractivity contribution in [1.29, 1.82) is 0 Å². The third-order valence-corrected chi connectivity index (χ3v) is 3.26. The van der Waals surface area contributed by atoms with E-state index in [1.54, 1.807) is 0 Å². The average Bonchev–Trinajstić information content (AvgIpc) is 2.39. The molecule has 1 fully saturated rings. The van der Waals surface area contributed by atoms with Crippen molar-refractivity contribution < 1.29 is 0 Å². The third kappa shape index (κ3) is 0.988. The van der Waals surface area contributed by atoms with Crippen LogP contribution in [0.15, 0.2) is 36.5 Å². The zero-order valence-electron chi connectivity index (χ0n) is 5.57. The summed E-state index contributed by atoms with van der Waals surface area (Å²) in [4.78, 5) is 0.694. The Labute approximate surface area is 69.4 Å². The number of hydrogen-bond acceptors (Lipinski definition) is 0. The van der Waals surface area contributed by atoms with E-state index in [4.69, 9.17) is 0 Å². The molecule has 0 nitrogen and oxygen atoms in total. The number of rotatable bonds is 0. The van der Waals surface area contributed by atoms with Crippen LogP contribution in [0.5, 0.6) is 0 Å². The summed E-state index contributed by atoms with van der Waals surface area (Å²) >= 11 is 3.61. The largest absolute Gasteiger partial charge is 0.0877 e. The molecule has 2 atom stereocenters. The van der Waals surface area contributed by atoms with Gasteiger partial charge in [0.2, 0.25) is 0 Å². The van der Waals surface area contributed by atoms with Crippen LogP contribution in [-0.4, -0.2) is 4.83 Å². The predicted molar refractivity (Wildman–Crippen MR) is 47.1 cm³/mol. The van der Waals surface area contributed by atoms with Gasteiger partial charge in [-0.05, 0) is 11.8 Å². The Bertz CT molecular complexity index is 191. The summed E-state index contributed by atoms with van der Waals surface area (Å²) in [6.45, 7) is 0. The smallest absolute Gasteiger partial charge is 0.0283 e. The molecule has 2 aliphatic carbocycles. The minimum Gasteiger partial charge on any atom is -0.0877 e. The van der Waals surface area contributed by atoms with Crippen molar-refractivity contribution in [3.05, 3.63) is 36.5 Å². The molecule has 52 valence electrons. The second-order valence-corrected chi connectivity index (χ2v) is 3.81. The first kappa shape index (κ1) is 6.41. The van der Waals surface area contributed by atoms with E-state index >= 15 is 0 Å². The average molecular weight is 197 g/mol. The molecule has 0 heterocycles. The highest BCUT2D eigenvalue weighted by atomic mass is 79.9. The molecule has 0 spiro atoms. The van der Waals surface area contributed by atoms with Gasteiger partial charge in [0.15, 0.2) is 0 Å². The van der Waals surface area contributed by atoms with Crippen molar-refractivity contribution in [2.24, 2.45) is 11.8 Å². The SMILES string of the molecule is BrC1C2\C=C/C=C\C=C/C12. The summed E-state index contributed by atoms with van der Waals surface area (Å²) in [6, 6.07) is 0. The minimum atomic E-state index is 0.694. The predicted octanol–water partition coefficient (Wildman–Crippen LogP) is 2.68. The number of alkyl halides is 1. The second kappa shape index (κ2) is 2.39. The minimum absolute atomic E-state index is 0.694. The van der Waals surface area contributed by atoms with E-state index < -0.39 is 0 Å². The Hall–Kier alpha value is -0.300. The van der Waals surface area contributed by atoms with Crippen molar-refractivity contribution in [2.75, 3.05) is 0 Å². The van der Waals surface area contributed by atoms with Gasteiger partial charge in [-0.25, -0.2) is 0 Å². The molecule has 2 rings (SSSR count). The molecule has 0 aromatic rings. The van der Waals surface area contributed by atoms with Gasteiger partial charge in [-0.15, -0.1) is 0 Å². The summed E-state index contributed by atoms with van der Waals surface area (Å²) in [5.74, 6) is 1.50. The topological polar surface area (TPSA) is 0 Å². The first-order valence-electron chi connectivity index (χ1n) is 3.55. The summed E-state index contributed by atoms with van der Waals surface area (Å²) in [6.07, 6.45) is 12.9. The van der Waals surface area contributed by atoms with Crippen molar-refractivity contribution in [1.82, 2.24) is 0 Å². The van der Waals surface area contributed by atoms with Crippen LogP contribution in [0, 0.1) is 11.8 Å². The van der Waals surface area contributed by atoms with E-state index in [2.05, 4.69) is 52.4 Å². The van der Waals surface area contributed by atoms with Gasteiger partial charge >= 0.3 is 0 Å². The van der Waals surface area contributed by atoms with Gasteiger partial charge in [0.25, 0.3) is 0 Å². The molecule has 10 heavy (non-hydrogen) atoms. The lowest BCUT2D eigenvalue weighted by Gasteiger charge is -1.85. The molecule has 1 heteroatoms. The van der Waals surface area contributed by atoms with Crippen LogP contribution in [0.1, 0.15) is 0 Å². The molecule has 0 aromatic heterocycles. The van der Waals surface area contributed by atoms with Gasteiger partial charge in [-0.1, -0.05) is 52.4 Å². The number of halogens is 1. The maximum absolute atomic E-state index is 3.61. The second-order valence-electron chi connectivity index (χ2n) is 2.75. The fourth-order valence-electron chi connectivity index (χ4n) is 1.30. The van der Waals surface area contributed by atoms with Crippen LogP contribution in [0.4, 0.5) is 0 Å². The molecule has 2 aliphatic rings. The van der Waals surface area contributed by atoms with E-state index in [1.165, 1.54) is 0 Å². The van der Waals surface area contributed by atoms with Crippen LogP contribution in [0.25, 0.3) is 0 Å². The molecule has 0 amide bonds. The summed E-state index contributed by atoms with van der Waals surface area (Å²) in [5.41, 5.74) is 0. The Morgan fingerprint density at radius 1 is 0.800 bits per heavy atom. The quantitative estimate of drug-likeness (QED) is 0.523. The van der Waals surface area contributed by atoms with Gasteiger partial charge in [0.05, 0.1) is 0 Å². The van der Waals surface area contributed by atoms with Crippen molar-refractivity contribution >= 4 is 15.9 Å². The van der Waals surface area contributed by atoms with Gasteiger partial charge in [0, 0.05) is 4.83 Å². The lowest BCUT2D eigenvalue weighted by Crippen LogP contribution is -1.72. The summed E-state index contributed by atoms with van der Waals surface area (Å²) in [5, 5.41) is 0. The van der Waals surface area contributed by atoms with E-state index in [0.717, 1.165) is 11.8 Å². The molecule has 0 bridgehead atoms. The van der Waals surface area contributed by atoms with E-state index in [-0.39, 0.29) is 0 Å². The van der Waals surface area contributed by atoms with Crippen LogP contribution in [0.2, 0.25) is 0 Å². The third-order valence-electron chi connectivity index (χ3n) is 2.04. The van der Waals surface area contributed by atoms with Gasteiger partial charge in [-0.2, -0.15) is 0 Å². The lowest BCUT2D eigenvalue weighted by atomic mass is 10.2. The van der Waals surface area contributed by atoms with Crippen molar-refractivity contribution in [3.8, 4) is 0 Å². The van der Waals surface area contributed by atoms with E-state index in [0.29, 0.717) is 4.83 Å². The molecule has 0 saturated heterocycles. The highest BCUT2D eigenvalue weighted by Gasteiger charge is 2.44. The van der Waals surface area contributed by atoms with E-state index in [1.807, 2.05) is 0 Å².